The van der Waals surface area contributed by atoms with Gasteiger partial charge in [-0.1, -0.05) is 12.8 Å². The van der Waals surface area contributed by atoms with Gasteiger partial charge in [0, 0.05) is 39.3 Å². The van der Waals surface area contributed by atoms with Gasteiger partial charge in [-0.25, -0.2) is 9.59 Å². The van der Waals surface area contributed by atoms with E-state index in [-0.39, 0.29) is 35.8 Å². The number of carbonyl (C=O) groups excluding carboxylic acids is 4. The van der Waals surface area contributed by atoms with Gasteiger partial charge < -0.3 is 29.9 Å². The van der Waals surface area contributed by atoms with Gasteiger partial charge in [-0.3, -0.25) is 9.59 Å². The minimum Gasteiger partial charge on any atom is -0.466 e. The van der Waals surface area contributed by atoms with Crippen molar-refractivity contribution < 1.29 is 28.7 Å². The lowest BCUT2D eigenvalue weighted by atomic mass is 9.98. The molecule has 0 aliphatic carbocycles. The molecule has 0 spiro atoms. The summed E-state index contributed by atoms with van der Waals surface area (Å²) in [6, 6.07) is -0.243. The number of hydrogen-bond acceptors (Lipinski definition) is 6. The summed E-state index contributed by atoms with van der Waals surface area (Å²) < 4.78 is 10.2. The zero-order valence-electron chi connectivity index (χ0n) is 20.8. The van der Waals surface area contributed by atoms with Gasteiger partial charge in [-0.05, 0) is 52.4 Å². The maximum atomic E-state index is 12.4. The highest BCUT2D eigenvalue weighted by atomic mass is 16.5. The van der Waals surface area contributed by atoms with Gasteiger partial charge in [0.2, 0.25) is 0 Å². The molecular formula is C24H42N4O6. The van der Waals surface area contributed by atoms with Gasteiger partial charge in [0.25, 0.3) is 0 Å². The SMILES string of the molecule is CCOC(=O)[C@H]1CCCN(C(=O)NCCCCCCNC(=O)N2CCC[C@H](C(=O)OCC)C2)C1. The molecule has 4 amide bonds. The number of urea groups is 2. The Morgan fingerprint density at radius 2 is 1.12 bits per heavy atom. The fourth-order valence-corrected chi connectivity index (χ4v) is 4.45. The maximum Gasteiger partial charge on any atom is 0.317 e. The standard InChI is InChI=1S/C24H42N4O6/c1-3-33-21(29)19-11-9-15-27(17-19)23(31)25-13-7-5-6-8-14-26-24(32)28-16-10-12-20(18-28)22(30)34-4-2/h19-20H,3-18H2,1-2H3,(H,25,31)(H,26,32)/t19-,20-/m0/s1. The molecule has 10 nitrogen and oxygen atoms in total. The lowest BCUT2D eigenvalue weighted by Gasteiger charge is -2.31. The fraction of sp³-hybridized carbons (Fsp3) is 0.833. The van der Waals surface area contributed by atoms with E-state index in [0.717, 1.165) is 51.4 Å². The molecule has 0 aromatic rings. The molecule has 34 heavy (non-hydrogen) atoms. The Hall–Kier alpha value is -2.52. The molecule has 2 saturated heterocycles. The third kappa shape index (κ3) is 9.38. The third-order valence-electron chi connectivity index (χ3n) is 6.31. The first kappa shape index (κ1) is 27.7. The molecule has 2 fully saturated rings. The Balaban J connectivity index is 1.51. The molecule has 194 valence electrons. The molecule has 2 aliphatic rings. The van der Waals surface area contributed by atoms with Crippen LogP contribution in [-0.2, 0) is 19.1 Å². The van der Waals surface area contributed by atoms with Gasteiger partial charge in [-0.15, -0.1) is 0 Å². The van der Waals surface area contributed by atoms with Crippen LogP contribution < -0.4 is 10.6 Å². The van der Waals surface area contributed by atoms with E-state index < -0.39 is 0 Å². The van der Waals surface area contributed by atoms with Gasteiger partial charge in [0.1, 0.15) is 0 Å². The average Bonchev–Trinajstić information content (AvgIpc) is 2.85. The quantitative estimate of drug-likeness (QED) is 0.345. The van der Waals surface area contributed by atoms with Crippen LogP contribution in [-0.4, -0.2) is 86.3 Å². The molecule has 0 radical (unpaired) electrons. The van der Waals surface area contributed by atoms with E-state index in [2.05, 4.69) is 10.6 Å². The van der Waals surface area contributed by atoms with Crippen molar-refractivity contribution in [3.63, 3.8) is 0 Å². The first-order valence-corrected chi connectivity index (χ1v) is 12.8. The van der Waals surface area contributed by atoms with Crippen LogP contribution in [0.4, 0.5) is 9.59 Å². The number of amides is 4. The zero-order chi connectivity index (χ0) is 24.8. The highest BCUT2D eigenvalue weighted by Gasteiger charge is 2.30. The van der Waals surface area contributed by atoms with Gasteiger partial charge >= 0.3 is 24.0 Å². The number of nitrogens with zero attached hydrogens (tertiary/aromatic N) is 2. The van der Waals surface area contributed by atoms with Crippen molar-refractivity contribution in [2.45, 2.75) is 65.2 Å². The van der Waals surface area contributed by atoms with Crippen molar-refractivity contribution in [1.82, 2.24) is 20.4 Å². The Bertz CT molecular complexity index is 618. The van der Waals surface area contributed by atoms with E-state index >= 15 is 0 Å². The second kappa shape index (κ2) is 15.4. The summed E-state index contributed by atoms with van der Waals surface area (Å²) in [6.45, 7) is 7.65. The molecule has 0 bridgehead atoms. The highest BCUT2D eigenvalue weighted by Crippen LogP contribution is 2.19. The summed E-state index contributed by atoms with van der Waals surface area (Å²) in [7, 11) is 0. The average molecular weight is 483 g/mol. The van der Waals surface area contributed by atoms with E-state index in [1.807, 2.05) is 0 Å². The van der Waals surface area contributed by atoms with Crippen LogP contribution in [0.5, 0.6) is 0 Å². The molecule has 0 aromatic carbocycles. The van der Waals surface area contributed by atoms with E-state index in [1.54, 1.807) is 23.6 Å². The molecule has 10 heteroatoms. The van der Waals surface area contributed by atoms with E-state index in [1.165, 1.54) is 0 Å². The summed E-state index contributed by atoms with van der Waals surface area (Å²) in [5.74, 6) is -0.885. The predicted molar refractivity (Wildman–Crippen MR) is 127 cm³/mol. The van der Waals surface area contributed by atoms with Crippen LogP contribution in [0, 0.1) is 11.8 Å². The lowest BCUT2D eigenvalue weighted by Crippen LogP contribution is -2.47. The van der Waals surface area contributed by atoms with E-state index in [4.69, 9.17) is 9.47 Å². The number of piperidine rings is 2. The molecule has 2 heterocycles. The maximum absolute atomic E-state index is 12.4. The second-order valence-electron chi connectivity index (χ2n) is 8.95. The number of hydrogen-bond donors (Lipinski definition) is 2. The molecular weight excluding hydrogens is 440 g/mol. The van der Waals surface area contributed by atoms with Crippen molar-refractivity contribution in [1.29, 1.82) is 0 Å². The molecule has 2 rings (SSSR count). The monoisotopic (exact) mass is 482 g/mol. The number of unbranched alkanes of at least 4 members (excludes halogenated alkanes) is 3. The molecule has 0 unspecified atom stereocenters. The summed E-state index contributed by atoms with van der Waals surface area (Å²) in [5.41, 5.74) is 0. The first-order chi connectivity index (χ1) is 16.5. The first-order valence-electron chi connectivity index (χ1n) is 12.8. The van der Waals surface area contributed by atoms with Gasteiger partial charge in [-0.2, -0.15) is 0 Å². The summed E-state index contributed by atoms with van der Waals surface area (Å²) in [6.07, 6.45) is 6.79. The van der Waals surface area contributed by atoms with Crippen molar-refractivity contribution in [2.24, 2.45) is 11.8 Å². The van der Waals surface area contributed by atoms with Crippen LogP contribution in [0.2, 0.25) is 0 Å². The minimum atomic E-state index is -0.226. The summed E-state index contributed by atoms with van der Waals surface area (Å²) in [4.78, 5) is 52.0. The van der Waals surface area contributed by atoms with Crippen LogP contribution in [0.25, 0.3) is 0 Å². The summed E-state index contributed by atoms with van der Waals surface area (Å²) in [5, 5.41) is 5.88. The van der Waals surface area contributed by atoms with Crippen molar-refractivity contribution >= 4 is 24.0 Å². The Morgan fingerprint density at radius 3 is 1.50 bits per heavy atom. The molecule has 0 aromatic heterocycles. The van der Waals surface area contributed by atoms with Crippen LogP contribution in [0.15, 0.2) is 0 Å². The minimum absolute atomic E-state index is 0.121. The second-order valence-corrected chi connectivity index (χ2v) is 8.95. The normalized spacial score (nSPS) is 20.4. The summed E-state index contributed by atoms with van der Waals surface area (Å²) >= 11 is 0. The molecule has 2 aliphatic heterocycles. The Labute approximate surface area is 203 Å². The topological polar surface area (TPSA) is 117 Å². The largest absolute Gasteiger partial charge is 0.466 e. The number of nitrogens with one attached hydrogen (secondary N) is 2. The lowest BCUT2D eigenvalue weighted by molar-refractivity contribution is -0.150. The third-order valence-corrected chi connectivity index (χ3v) is 6.31. The van der Waals surface area contributed by atoms with Crippen molar-refractivity contribution in [3.05, 3.63) is 0 Å². The number of rotatable bonds is 11. The Kier molecular flexibility index (Phi) is 12.6. The van der Waals surface area contributed by atoms with Crippen LogP contribution >= 0.6 is 0 Å². The number of likely N-dealkylation sites (tertiary alicyclic amines) is 2. The van der Waals surface area contributed by atoms with Crippen molar-refractivity contribution in [2.75, 3.05) is 52.5 Å². The predicted octanol–water partition coefficient (Wildman–Crippen LogP) is 2.52. The van der Waals surface area contributed by atoms with Gasteiger partial charge in [0.15, 0.2) is 0 Å². The van der Waals surface area contributed by atoms with Crippen LogP contribution in [0.3, 0.4) is 0 Å². The molecule has 2 N–H and O–H groups in total. The highest BCUT2D eigenvalue weighted by molar-refractivity contribution is 5.78. The molecule has 0 saturated carbocycles. The smallest absolute Gasteiger partial charge is 0.317 e. The number of carbonyl (C=O) groups is 4. The molecule has 2 atom stereocenters. The zero-order valence-corrected chi connectivity index (χ0v) is 20.8. The Morgan fingerprint density at radius 1 is 0.706 bits per heavy atom. The van der Waals surface area contributed by atoms with Gasteiger partial charge in [0.05, 0.1) is 25.0 Å². The number of ether oxygens (including phenoxy) is 2. The number of esters is 2. The fourth-order valence-electron chi connectivity index (χ4n) is 4.45. The van der Waals surface area contributed by atoms with E-state index in [0.29, 0.717) is 52.5 Å². The van der Waals surface area contributed by atoms with Crippen LogP contribution in [0.1, 0.15) is 65.2 Å². The van der Waals surface area contributed by atoms with E-state index in [9.17, 15) is 19.2 Å². The van der Waals surface area contributed by atoms with Crippen molar-refractivity contribution in [3.8, 4) is 0 Å².